The van der Waals surface area contributed by atoms with Crippen molar-refractivity contribution in [1.82, 2.24) is 0 Å². The average Bonchev–Trinajstić information content (AvgIpc) is 2.35. The summed E-state index contributed by atoms with van der Waals surface area (Å²) in [4.78, 5) is 4.22. The van der Waals surface area contributed by atoms with Crippen molar-refractivity contribution in [2.45, 2.75) is 6.92 Å². The van der Waals surface area contributed by atoms with Crippen molar-refractivity contribution in [2.75, 3.05) is 38.0 Å². The van der Waals surface area contributed by atoms with Gasteiger partial charge in [0.05, 0.1) is 5.69 Å². The predicted octanol–water partition coefficient (Wildman–Crippen LogP) is 3.36. The standard InChI is InChI=1S/C16H21N3/c1-11(17)13-10-9-12-7-6-8-14(18(2)3)15(12)16(13)19(4)5/h6-10,17H,1-5H3. The molecule has 0 spiro atoms. The van der Waals surface area contributed by atoms with Crippen LogP contribution in [0, 0.1) is 5.41 Å². The minimum absolute atomic E-state index is 0.596. The minimum atomic E-state index is 0.596. The number of rotatable bonds is 3. The van der Waals surface area contributed by atoms with E-state index < -0.39 is 0 Å². The van der Waals surface area contributed by atoms with E-state index in [-0.39, 0.29) is 0 Å². The number of nitrogens with zero attached hydrogens (tertiary/aromatic N) is 2. The highest BCUT2D eigenvalue weighted by atomic mass is 15.1. The van der Waals surface area contributed by atoms with Crippen LogP contribution < -0.4 is 9.80 Å². The summed E-state index contributed by atoms with van der Waals surface area (Å²) in [6.07, 6.45) is 0. The minimum Gasteiger partial charge on any atom is -0.377 e. The summed E-state index contributed by atoms with van der Waals surface area (Å²) in [5.74, 6) is 0. The molecule has 0 radical (unpaired) electrons. The molecule has 2 aromatic rings. The van der Waals surface area contributed by atoms with Gasteiger partial charge in [0.2, 0.25) is 0 Å². The topological polar surface area (TPSA) is 30.3 Å². The van der Waals surface area contributed by atoms with E-state index in [1.54, 1.807) is 0 Å². The molecule has 0 bridgehead atoms. The fourth-order valence-electron chi connectivity index (χ4n) is 2.48. The normalized spacial score (nSPS) is 10.6. The van der Waals surface area contributed by atoms with Crippen LogP contribution in [0.4, 0.5) is 11.4 Å². The van der Waals surface area contributed by atoms with Crippen molar-refractivity contribution in [3.63, 3.8) is 0 Å². The molecule has 0 aromatic heterocycles. The number of benzene rings is 2. The molecule has 100 valence electrons. The Morgan fingerprint density at radius 2 is 1.63 bits per heavy atom. The molecule has 2 aromatic carbocycles. The summed E-state index contributed by atoms with van der Waals surface area (Å²) in [5, 5.41) is 10.4. The van der Waals surface area contributed by atoms with Crippen molar-refractivity contribution < 1.29 is 0 Å². The summed E-state index contributed by atoms with van der Waals surface area (Å²) < 4.78 is 0. The number of hydrogen-bond acceptors (Lipinski definition) is 3. The molecule has 0 saturated heterocycles. The quantitative estimate of drug-likeness (QED) is 0.852. The lowest BCUT2D eigenvalue weighted by Crippen LogP contribution is -2.16. The lowest BCUT2D eigenvalue weighted by molar-refractivity contribution is 1.12. The SMILES string of the molecule is CC(=N)c1ccc2cccc(N(C)C)c2c1N(C)C. The molecule has 0 aliphatic carbocycles. The third-order valence-corrected chi connectivity index (χ3v) is 3.33. The van der Waals surface area contributed by atoms with Gasteiger partial charge in [-0.15, -0.1) is 0 Å². The zero-order valence-electron chi connectivity index (χ0n) is 12.3. The molecule has 0 saturated carbocycles. The molecule has 19 heavy (non-hydrogen) atoms. The van der Waals surface area contributed by atoms with Gasteiger partial charge >= 0.3 is 0 Å². The van der Waals surface area contributed by atoms with Gasteiger partial charge in [0.25, 0.3) is 0 Å². The van der Waals surface area contributed by atoms with Crippen molar-refractivity contribution in [2.24, 2.45) is 0 Å². The number of nitrogens with one attached hydrogen (secondary N) is 1. The van der Waals surface area contributed by atoms with E-state index in [0.717, 1.165) is 11.3 Å². The van der Waals surface area contributed by atoms with Crippen LogP contribution in [0.3, 0.4) is 0 Å². The number of hydrogen-bond donors (Lipinski definition) is 1. The van der Waals surface area contributed by atoms with Gasteiger partial charge in [-0.2, -0.15) is 0 Å². The van der Waals surface area contributed by atoms with E-state index in [1.165, 1.54) is 16.5 Å². The molecule has 0 atom stereocenters. The van der Waals surface area contributed by atoms with E-state index >= 15 is 0 Å². The molecule has 0 fully saturated rings. The van der Waals surface area contributed by atoms with E-state index in [1.807, 2.05) is 27.1 Å². The van der Waals surface area contributed by atoms with Crippen LogP contribution in [0.2, 0.25) is 0 Å². The highest BCUT2D eigenvalue weighted by Gasteiger charge is 2.14. The Balaban J connectivity index is 2.94. The molecule has 0 aliphatic heterocycles. The third-order valence-electron chi connectivity index (χ3n) is 3.33. The maximum atomic E-state index is 7.98. The van der Waals surface area contributed by atoms with Crippen LogP contribution in [-0.2, 0) is 0 Å². The molecule has 0 unspecified atom stereocenters. The largest absolute Gasteiger partial charge is 0.377 e. The molecule has 1 N–H and O–H groups in total. The van der Waals surface area contributed by atoms with Crippen LogP contribution in [0.15, 0.2) is 30.3 Å². The first-order valence-corrected chi connectivity index (χ1v) is 6.39. The second kappa shape index (κ2) is 4.92. The Morgan fingerprint density at radius 3 is 2.16 bits per heavy atom. The highest BCUT2D eigenvalue weighted by Crippen LogP contribution is 2.36. The fraction of sp³-hybridized carbons (Fsp3) is 0.312. The summed E-state index contributed by atoms with van der Waals surface area (Å²) in [6.45, 7) is 1.84. The first kappa shape index (κ1) is 13.4. The molecule has 3 heteroatoms. The van der Waals surface area contributed by atoms with Crippen LogP contribution in [-0.4, -0.2) is 33.9 Å². The monoisotopic (exact) mass is 255 g/mol. The third kappa shape index (κ3) is 2.28. The van der Waals surface area contributed by atoms with E-state index in [0.29, 0.717) is 5.71 Å². The van der Waals surface area contributed by atoms with Gasteiger partial charge in [-0.1, -0.05) is 24.3 Å². The Bertz CT molecular complexity index is 627. The molecule has 0 amide bonds. The maximum absolute atomic E-state index is 7.98. The Labute approximate surface area is 115 Å². The first-order chi connectivity index (χ1) is 8.93. The maximum Gasteiger partial charge on any atom is 0.0553 e. The van der Waals surface area contributed by atoms with Gasteiger partial charge in [0.1, 0.15) is 0 Å². The highest BCUT2D eigenvalue weighted by molar-refractivity contribution is 6.13. The Kier molecular flexibility index (Phi) is 3.47. The van der Waals surface area contributed by atoms with E-state index in [2.05, 4.69) is 48.2 Å². The Morgan fingerprint density at radius 1 is 0.947 bits per heavy atom. The molecule has 3 nitrogen and oxygen atoms in total. The molecule has 0 aliphatic rings. The number of anilines is 2. The zero-order valence-corrected chi connectivity index (χ0v) is 12.3. The van der Waals surface area contributed by atoms with Crippen LogP contribution in [0.5, 0.6) is 0 Å². The van der Waals surface area contributed by atoms with Gasteiger partial charge < -0.3 is 15.2 Å². The van der Waals surface area contributed by atoms with E-state index in [9.17, 15) is 0 Å². The zero-order chi connectivity index (χ0) is 14.2. The molecule has 0 heterocycles. The summed E-state index contributed by atoms with van der Waals surface area (Å²) in [5.41, 5.74) is 3.89. The van der Waals surface area contributed by atoms with Gasteiger partial charge in [-0.05, 0) is 18.4 Å². The Hall–Kier alpha value is -2.03. The van der Waals surface area contributed by atoms with Crippen LogP contribution in [0.1, 0.15) is 12.5 Å². The van der Waals surface area contributed by atoms with Crippen LogP contribution in [0.25, 0.3) is 10.8 Å². The summed E-state index contributed by atoms with van der Waals surface area (Å²) in [7, 11) is 8.18. The van der Waals surface area contributed by atoms with Gasteiger partial charge in [0, 0.05) is 50.5 Å². The second-order valence-electron chi connectivity index (χ2n) is 5.25. The lowest BCUT2D eigenvalue weighted by Gasteiger charge is -2.24. The van der Waals surface area contributed by atoms with Gasteiger partial charge in [-0.3, -0.25) is 0 Å². The van der Waals surface area contributed by atoms with Crippen LogP contribution >= 0.6 is 0 Å². The molecule has 2 rings (SSSR count). The first-order valence-electron chi connectivity index (χ1n) is 6.39. The van der Waals surface area contributed by atoms with Crippen molar-refractivity contribution in [1.29, 1.82) is 5.41 Å². The van der Waals surface area contributed by atoms with Crippen molar-refractivity contribution in [3.05, 3.63) is 35.9 Å². The van der Waals surface area contributed by atoms with E-state index in [4.69, 9.17) is 5.41 Å². The van der Waals surface area contributed by atoms with Gasteiger partial charge in [0.15, 0.2) is 0 Å². The second-order valence-corrected chi connectivity index (χ2v) is 5.25. The fourth-order valence-corrected chi connectivity index (χ4v) is 2.48. The average molecular weight is 255 g/mol. The van der Waals surface area contributed by atoms with Gasteiger partial charge in [-0.25, -0.2) is 0 Å². The lowest BCUT2D eigenvalue weighted by atomic mass is 9.99. The smallest absolute Gasteiger partial charge is 0.0553 e. The number of fused-ring (bicyclic) bond motifs is 1. The summed E-state index contributed by atoms with van der Waals surface area (Å²) in [6, 6.07) is 10.5. The molecular formula is C16H21N3. The predicted molar refractivity (Wildman–Crippen MR) is 85.1 cm³/mol. The molecular weight excluding hydrogens is 234 g/mol. The van der Waals surface area contributed by atoms with Crippen molar-refractivity contribution >= 4 is 27.9 Å². The summed E-state index contributed by atoms with van der Waals surface area (Å²) >= 11 is 0. The van der Waals surface area contributed by atoms with Crippen molar-refractivity contribution in [3.8, 4) is 0 Å².